The first kappa shape index (κ1) is 27.5. The average Bonchev–Trinajstić information content (AvgIpc) is 2.91. The van der Waals surface area contributed by atoms with Crippen molar-refractivity contribution in [2.24, 2.45) is 0 Å². The topological polar surface area (TPSA) is 73.8 Å². The van der Waals surface area contributed by atoms with E-state index in [2.05, 4.69) is 13.2 Å². The molecule has 0 unspecified atom stereocenters. The predicted octanol–water partition coefficient (Wildman–Crippen LogP) is 4.27. The van der Waals surface area contributed by atoms with Gasteiger partial charge >= 0.3 is 0 Å². The summed E-state index contributed by atoms with van der Waals surface area (Å²) in [5, 5.41) is 0. The van der Waals surface area contributed by atoms with Gasteiger partial charge in [0.1, 0.15) is 26.4 Å². The summed E-state index contributed by atoms with van der Waals surface area (Å²) >= 11 is 0. The molecular weight excluding hydrogens is 464 g/mol. The molecule has 2 aromatic rings. The van der Waals surface area contributed by atoms with E-state index in [1.165, 1.54) is 0 Å². The molecule has 1 aliphatic heterocycles. The van der Waals surface area contributed by atoms with Crippen LogP contribution in [0.25, 0.3) is 12.2 Å². The van der Waals surface area contributed by atoms with Crippen LogP contribution in [0.15, 0.2) is 49.6 Å². The highest BCUT2D eigenvalue weighted by Crippen LogP contribution is 2.30. The van der Waals surface area contributed by atoms with Crippen LogP contribution in [-0.2, 0) is 18.9 Å². The SMILES string of the molecule is C=Cc1ccc2c(c1)OCCOCCOCCOc1cc(C=C)ccc1OCCOCCOCCO2. The molecule has 2 aromatic carbocycles. The highest BCUT2D eigenvalue weighted by molar-refractivity contribution is 5.55. The quantitative estimate of drug-likeness (QED) is 0.606. The highest BCUT2D eigenvalue weighted by Gasteiger charge is 2.08. The van der Waals surface area contributed by atoms with E-state index in [1.807, 2.05) is 36.4 Å². The van der Waals surface area contributed by atoms with E-state index in [0.717, 1.165) is 11.1 Å². The minimum Gasteiger partial charge on any atom is -0.487 e. The molecule has 0 bridgehead atoms. The summed E-state index contributed by atoms with van der Waals surface area (Å²) in [6.07, 6.45) is 3.52. The molecule has 0 saturated heterocycles. The Bertz CT molecular complexity index is 854. The monoisotopic (exact) mass is 500 g/mol. The third-order valence-corrected chi connectivity index (χ3v) is 5.09. The van der Waals surface area contributed by atoms with Gasteiger partial charge < -0.3 is 37.9 Å². The third kappa shape index (κ3) is 9.91. The van der Waals surface area contributed by atoms with Gasteiger partial charge in [0.05, 0.1) is 52.9 Å². The Morgan fingerprint density at radius 3 is 1.06 bits per heavy atom. The first-order valence-electron chi connectivity index (χ1n) is 12.2. The van der Waals surface area contributed by atoms with Crippen LogP contribution < -0.4 is 18.9 Å². The summed E-state index contributed by atoms with van der Waals surface area (Å²) in [7, 11) is 0. The second kappa shape index (κ2) is 16.6. The van der Waals surface area contributed by atoms with Crippen molar-refractivity contribution in [3.8, 4) is 23.0 Å². The normalized spacial score (nSPS) is 17.3. The van der Waals surface area contributed by atoms with Gasteiger partial charge in [-0.2, -0.15) is 0 Å². The van der Waals surface area contributed by atoms with Gasteiger partial charge in [0, 0.05) is 0 Å². The van der Waals surface area contributed by atoms with Crippen molar-refractivity contribution in [3.05, 3.63) is 60.7 Å². The van der Waals surface area contributed by atoms with Crippen LogP contribution in [0.1, 0.15) is 11.1 Å². The van der Waals surface area contributed by atoms with Crippen molar-refractivity contribution >= 4 is 12.2 Å². The smallest absolute Gasteiger partial charge is 0.161 e. The number of rotatable bonds is 2. The van der Waals surface area contributed by atoms with Gasteiger partial charge in [-0.15, -0.1) is 0 Å². The number of hydrogen-bond acceptors (Lipinski definition) is 8. The zero-order chi connectivity index (χ0) is 25.3. The van der Waals surface area contributed by atoms with Crippen LogP contribution in [0.5, 0.6) is 23.0 Å². The zero-order valence-corrected chi connectivity index (χ0v) is 20.8. The summed E-state index contributed by atoms with van der Waals surface area (Å²) in [6.45, 7) is 12.7. The molecule has 0 amide bonds. The fourth-order valence-electron chi connectivity index (χ4n) is 3.25. The molecule has 0 N–H and O–H groups in total. The van der Waals surface area contributed by atoms with E-state index in [1.54, 1.807) is 12.2 Å². The molecule has 3 rings (SSSR count). The fourth-order valence-corrected chi connectivity index (χ4v) is 3.25. The minimum absolute atomic E-state index is 0.385. The Hall–Kier alpha value is -3.04. The molecule has 1 aliphatic rings. The maximum absolute atomic E-state index is 5.88. The largest absolute Gasteiger partial charge is 0.487 e. The van der Waals surface area contributed by atoms with Crippen molar-refractivity contribution in [3.63, 3.8) is 0 Å². The van der Waals surface area contributed by atoms with Crippen LogP contribution in [0.2, 0.25) is 0 Å². The molecule has 8 heteroatoms. The molecule has 8 nitrogen and oxygen atoms in total. The molecule has 196 valence electrons. The summed E-state index contributed by atoms with van der Waals surface area (Å²) in [4.78, 5) is 0. The van der Waals surface area contributed by atoms with E-state index in [-0.39, 0.29) is 0 Å². The lowest BCUT2D eigenvalue weighted by atomic mass is 10.2. The first-order valence-corrected chi connectivity index (χ1v) is 12.2. The average molecular weight is 501 g/mol. The van der Waals surface area contributed by atoms with Gasteiger partial charge in [-0.3, -0.25) is 0 Å². The van der Waals surface area contributed by atoms with E-state index in [0.29, 0.717) is 102 Å². The number of fused-ring (bicyclic) bond motifs is 2. The predicted molar refractivity (Wildman–Crippen MR) is 138 cm³/mol. The first-order chi connectivity index (χ1) is 17.8. The maximum Gasteiger partial charge on any atom is 0.161 e. The van der Waals surface area contributed by atoms with Crippen LogP contribution >= 0.6 is 0 Å². The molecule has 0 fully saturated rings. The molecule has 36 heavy (non-hydrogen) atoms. The Balaban J connectivity index is 1.51. The lowest BCUT2D eigenvalue weighted by Gasteiger charge is -2.15. The maximum atomic E-state index is 5.88. The van der Waals surface area contributed by atoms with Crippen LogP contribution in [0.4, 0.5) is 0 Å². The lowest BCUT2D eigenvalue weighted by Crippen LogP contribution is -2.15. The van der Waals surface area contributed by atoms with Crippen molar-refractivity contribution in [2.45, 2.75) is 0 Å². The van der Waals surface area contributed by atoms with Crippen LogP contribution in [-0.4, -0.2) is 79.3 Å². The second-order valence-electron chi connectivity index (χ2n) is 7.66. The number of benzene rings is 2. The number of ether oxygens (including phenoxy) is 8. The Morgan fingerprint density at radius 2 is 0.722 bits per heavy atom. The molecular formula is C28H36O8. The van der Waals surface area contributed by atoms with Crippen molar-refractivity contribution in [1.29, 1.82) is 0 Å². The van der Waals surface area contributed by atoms with Gasteiger partial charge in [0.25, 0.3) is 0 Å². The van der Waals surface area contributed by atoms with Gasteiger partial charge in [0.2, 0.25) is 0 Å². The van der Waals surface area contributed by atoms with E-state index < -0.39 is 0 Å². The minimum atomic E-state index is 0.385. The fraction of sp³-hybridized carbons (Fsp3) is 0.429. The molecule has 0 spiro atoms. The second-order valence-corrected chi connectivity index (χ2v) is 7.66. The van der Waals surface area contributed by atoms with Gasteiger partial charge in [0.15, 0.2) is 23.0 Å². The highest BCUT2D eigenvalue weighted by atomic mass is 16.6. The van der Waals surface area contributed by atoms with Crippen LogP contribution in [0.3, 0.4) is 0 Å². The zero-order valence-electron chi connectivity index (χ0n) is 20.8. The van der Waals surface area contributed by atoms with Gasteiger partial charge in [-0.1, -0.05) is 37.4 Å². The number of hydrogen-bond donors (Lipinski definition) is 0. The van der Waals surface area contributed by atoms with E-state index >= 15 is 0 Å². The summed E-state index contributed by atoms with van der Waals surface area (Å²) in [5.41, 5.74) is 1.89. The Labute approximate surface area is 213 Å². The molecule has 0 saturated carbocycles. The lowest BCUT2D eigenvalue weighted by molar-refractivity contribution is 0.0223. The molecule has 0 aromatic heterocycles. The van der Waals surface area contributed by atoms with Crippen LogP contribution in [0, 0.1) is 0 Å². The third-order valence-electron chi connectivity index (χ3n) is 5.09. The molecule has 0 atom stereocenters. The molecule has 0 aliphatic carbocycles. The molecule has 0 radical (unpaired) electrons. The van der Waals surface area contributed by atoms with Crippen molar-refractivity contribution in [1.82, 2.24) is 0 Å². The standard InChI is InChI=1S/C28H36O8/c1-3-23-5-7-25-27(21-23)35-19-15-31-11-12-32-16-20-36-28-22-24(4-2)6-8-26(28)34-18-14-30-10-9-29-13-17-33-25/h3-8,21-22H,1-2,9-20H2. The summed E-state index contributed by atoms with van der Waals surface area (Å²) < 4.78 is 45.9. The van der Waals surface area contributed by atoms with Crippen molar-refractivity contribution in [2.75, 3.05) is 79.3 Å². The van der Waals surface area contributed by atoms with Crippen molar-refractivity contribution < 1.29 is 37.9 Å². The Kier molecular flexibility index (Phi) is 12.7. The Morgan fingerprint density at radius 1 is 0.417 bits per heavy atom. The van der Waals surface area contributed by atoms with Gasteiger partial charge in [-0.25, -0.2) is 0 Å². The van der Waals surface area contributed by atoms with E-state index in [9.17, 15) is 0 Å². The van der Waals surface area contributed by atoms with E-state index in [4.69, 9.17) is 37.9 Å². The summed E-state index contributed by atoms with van der Waals surface area (Å²) in [5.74, 6) is 2.58. The summed E-state index contributed by atoms with van der Waals surface area (Å²) in [6, 6.07) is 11.4. The molecule has 1 heterocycles. The van der Waals surface area contributed by atoms with Gasteiger partial charge in [-0.05, 0) is 35.4 Å².